The van der Waals surface area contributed by atoms with Crippen LogP contribution in [0, 0.1) is 11.8 Å². The van der Waals surface area contributed by atoms with Crippen molar-refractivity contribution in [3.63, 3.8) is 0 Å². The molecule has 0 aliphatic carbocycles. The maximum atomic E-state index is 10.5. The number of aliphatic carboxylic acids is 1. The van der Waals surface area contributed by atoms with Crippen molar-refractivity contribution < 1.29 is 14.6 Å². The van der Waals surface area contributed by atoms with Gasteiger partial charge in [0.2, 0.25) is 0 Å². The predicted octanol–water partition coefficient (Wildman–Crippen LogP) is 0.429. The first-order valence-electron chi connectivity index (χ1n) is 5.27. The van der Waals surface area contributed by atoms with E-state index in [1.54, 1.807) is 0 Å². The highest BCUT2D eigenvalue weighted by Crippen LogP contribution is 2.29. The predicted molar refractivity (Wildman–Crippen MR) is 51.1 cm³/mol. The van der Waals surface area contributed by atoms with Crippen molar-refractivity contribution >= 4 is 5.97 Å². The zero-order chi connectivity index (χ0) is 9.97. The standard InChI is InChI=1S/C10H17NO3/c12-10(13)6-11-3-1-8(5-11)9-2-4-14-7-9/h8-9H,1-7H2,(H,12,13). The maximum absolute atomic E-state index is 10.5. The fourth-order valence-corrected chi connectivity index (χ4v) is 2.51. The van der Waals surface area contributed by atoms with Gasteiger partial charge in [0.25, 0.3) is 0 Å². The quantitative estimate of drug-likeness (QED) is 0.716. The summed E-state index contributed by atoms with van der Waals surface area (Å²) in [6, 6.07) is 0. The van der Waals surface area contributed by atoms with Crippen LogP contribution in [0.15, 0.2) is 0 Å². The SMILES string of the molecule is O=C(O)CN1CCC(C2CCOC2)C1. The Bertz CT molecular complexity index is 213. The van der Waals surface area contributed by atoms with Crippen LogP contribution in [-0.4, -0.2) is 48.8 Å². The third-order valence-corrected chi connectivity index (χ3v) is 3.30. The first-order valence-corrected chi connectivity index (χ1v) is 5.27. The molecular weight excluding hydrogens is 182 g/mol. The van der Waals surface area contributed by atoms with Gasteiger partial charge in [0.1, 0.15) is 0 Å². The zero-order valence-corrected chi connectivity index (χ0v) is 8.32. The van der Waals surface area contributed by atoms with Gasteiger partial charge < -0.3 is 9.84 Å². The van der Waals surface area contributed by atoms with Gasteiger partial charge in [0.15, 0.2) is 0 Å². The Labute approximate surface area is 83.8 Å². The Morgan fingerprint density at radius 3 is 2.93 bits per heavy atom. The van der Waals surface area contributed by atoms with E-state index in [9.17, 15) is 4.79 Å². The van der Waals surface area contributed by atoms with Crippen LogP contribution >= 0.6 is 0 Å². The second-order valence-electron chi connectivity index (χ2n) is 4.30. The highest BCUT2D eigenvalue weighted by atomic mass is 16.5. The van der Waals surface area contributed by atoms with Gasteiger partial charge in [-0.05, 0) is 31.2 Å². The summed E-state index contributed by atoms with van der Waals surface area (Å²) in [5, 5.41) is 8.66. The lowest BCUT2D eigenvalue weighted by atomic mass is 9.91. The number of hydrogen-bond acceptors (Lipinski definition) is 3. The number of rotatable bonds is 3. The van der Waals surface area contributed by atoms with E-state index in [0.717, 1.165) is 39.1 Å². The van der Waals surface area contributed by atoms with Crippen LogP contribution in [0.5, 0.6) is 0 Å². The Kier molecular flexibility index (Phi) is 3.03. The summed E-state index contributed by atoms with van der Waals surface area (Å²) in [6.45, 7) is 3.85. The van der Waals surface area contributed by atoms with Gasteiger partial charge in [0, 0.05) is 19.8 Å². The molecule has 4 nitrogen and oxygen atoms in total. The van der Waals surface area contributed by atoms with E-state index in [4.69, 9.17) is 9.84 Å². The molecule has 0 spiro atoms. The molecule has 2 saturated heterocycles. The maximum Gasteiger partial charge on any atom is 0.317 e. The molecule has 1 N–H and O–H groups in total. The molecule has 0 amide bonds. The van der Waals surface area contributed by atoms with E-state index in [1.165, 1.54) is 0 Å². The van der Waals surface area contributed by atoms with E-state index < -0.39 is 5.97 Å². The van der Waals surface area contributed by atoms with Gasteiger partial charge in [0.05, 0.1) is 6.54 Å². The average Bonchev–Trinajstić information content (AvgIpc) is 2.69. The number of carbonyl (C=O) groups is 1. The lowest BCUT2D eigenvalue weighted by Gasteiger charge is -2.17. The molecule has 0 aromatic rings. The molecule has 0 bridgehead atoms. The van der Waals surface area contributed by atoms with E-state index in [1.807, 2.05) is 4.90 Å². The number of carboxylic acids is 1. The molecule has 0 radical (unpaired) electrons. The van der Waals surface area contributed by atoms with Crippen molar-refractivity contribution in [2.24, 2.45) is 11.8 Å². The molecular formula is C10H17NO3. The van der Waals surface area contributed by atoms with E-state index in [0.29, 0.717) is 11.8 Å². The smallest absolute Gasteiger partial charge is 0.317 e. The van der Waals surface area contributed by atoms with Crippen molar-refractivity contribution in [1.82, 2.24) is 4.90 Å². The topological polar surface area (TPSA) is 49.8 Å². The van der Waals surface area contributed by atoms with Crippen molar-refractivity contribution in [2.75, 3.05) is 32.8 Å². The Hall–Kier alpha value is -0.610. The normalized spacial score (nSPS) is 33.7. The Morgan fingerprint density at radius 1 is 1.43 bits per heavy atom. The molecule has 0 saturated carbocycles. The molecule has 2 atom stereocenters. The van der Waals surface area contributed by atoms with Gasteiger partial charge in [-0.15, -0.1) is 0 Å². The fraction of sp³-hybridized carbons (Fsp3) is 0.900. The van der Waals surface area contributed by atoms with Crippen LogP contribution in [0.3, 0.4) is 0 Å². The van der Waals surface area contributed by atoms with Crippen LogP contribution in [0.1, 0.15) is 12.8 Å². The summed E-state index contributed by atoms with van der Waals surface area (Å²) in [7, 11) is 0. The number of hydrogen-bond donors (Lipinski definition) is 1. The minimum Gasteiger partial charge on any atom is -0.480 e. The highest BCUT2D eigenvalue weighted by molar-refractivity contribution is 5.69. The summed E-state index contributed by atoms with van der Waals surface area (Å²) in [5.74, 6) is 0.624. The number of ether oxygens (including phenoxy) is 1. The summed E-state index contributed by atoms with van der Waals surface area (Å²) in [5.41, 5.74) is 0. The van der Waals surface area contributed by atoms with Crippen LogP contribution in [0.4, 0.5) is 0 Å². The molecule has 80 valence electrons. The van der Waals surface area contributed by atoms with Gasteiger partial charge in [-0.3, -0.25) is 9.69 Å². The van der Waals surface area contributed by atoms with Crippen LogP contribution in [0.2, 0.25) is 0 Å². The molecule has 14 heavy (non-hydrogen) atoms. The van der Waals surface area contributed by atoms with Crippen LogP contribution in [0.25, 0.3) is 0 Å². The molecule has 0 aromatic heterocycles. The van der Waals surface area contributed by atoms with Crippen molar-refractivity contribution in [2.45, 2.75) is 12.8 Å². The van der Waals surface area contributed by atoms with Crippen LogP contribution in [-0.2, 0) is 9.53 Å². The van der Waals surface area contributed by atoms with Gasteiger partial charge in [-0.2, -0.15) is 0 Å². The zero-order valence-electron chi connectivity index (χ0n) is 8.32. The number of carboxylic acid groups (broad SMARTS) is 1. The summed E-state index contributed by atoms with van der Waals surface area (Å²) < 4.78 is 5.35. The Balaban J connectivity index is 1.78. The third-order valence-electron chi connectivity index (χ3n) is 3.30. The molecule has 2 aliphatic heterocycles. The summed E-state index contributed by atoms with van der Waals surface area (Å²) >= 11 is 0. The monoisotopic (exact) mass is 199 g/mol. The van der Waals surface area contributed by atoms with Crippen molar-refractivity contribution in [3.8, 4) is 0 Å². The van der Waals surface area contributed by atoms with Crippen LogP contribution < -0.4 is 0 Å². The lowest BCUT2D eigenvalue weighted by molar-refractivity contribution is -0.138. The highest BCUT2D eigenvalue weighted by Gasteiger charge is 2.32. The second kappa shape index (κ2) is 4.28. The largest absolute Gasteiger partial charge is 0.480 e. The van der Waals surface area contributed by atoms with Crippen molar-refractivity contribution in [1.29, 1.82) is 0 Å². The molecule has 2 heterocycles. The summed E-state index contributed by atoms with van der Waals surface area (Å²) in [6.07, 6.45) is 2.30. The van der Waals surface area contributed by atoms with Gasteiger partial charge in [-0.1, -0.05) is 0 Å². The van der Waals surface area contributed by atoms with Gasteiger partial charge in [-0.25, -0.2) is 0 Å². The van der Waals surface area contributed by atoms with E-state index >= 15 is 0 Å². The Morgan fingerprint density at radius 2 is 2.29 bits per heavy atom. The second-order valence-corrected chi connectivity index (χ2v) is 4.30. The van der Waals surface area contributed by atoms with Crippen molar-refractivity contribution in [3.05, 3.63) is 0 Å². The summed E-state index contributed by atoms with van der Waals surface area (Å²) in [4.78, 5) is 12.5. The molecule has 4 heteroatoms. The molecule has 2 rings (SSSR count). The fourth-order valence-electron chi connectivity index (χ4n) is 2.51. The van der Waals surface area contributed by atoms with E-state index in [2.05, 4.69) is 0 Å². The average molecular weight is 199 g/mol. The number of nitrogens with zero attached hydrogens (tertiary/aromatic N) is 1. The molecule has 2 fully saturated rings. The minimum absolute atomic E-state index is 0.198. The third kappa shape index (κ3) is 2.25. The van der Waals surface area contributed by atoms with Gasteiger partial charge >= 0.3 is 5.97 Å². The molecule has 0 aromatic carbocycles. The molecule has 2 unspecified atom stereocenters. The van der Waals surface area contributed by atoms with E-state index in [-0.39, 0.29) is 6.54 Å². The first kappa shape index (κ1) is 9.93. The first-order chi connectivity index (χ1) is 6.75. The number of likely N-dealkylation sites (tertiary alicyclic amines) is 1. The lowest BCUT2D eigenvalue weighted by Crippen LogP contribution is -2.28. The molecule has 2 aliphatic rings. The minimum atomic E-state index is -0.715.